The molecule has 0 spiro atoms. The Kier molecular flexibility index (Phi) is 2.23. The van der Waals surface area contributed by atoms with E-state index in [1.54, 1.807) is 6.20 Å². The van der Waals surface area contributed by atoms with Gasteiger partial charge in [-0.2, -0.15) is 0 Å². The van der Waals surface area contributed by atoms with Crippen LogP contribution in [0.15, 0.2) is 22.9 Å². The van der Waals surface area contributed by atoms with Crippen LogP contribution in [0.25, 0.3) is 6.08 Å². The molecule has 3 nitrogen and oxygen atoms in total. The van der Waals surface area contributed by atoms with Crippen LogP contribution in [0.1, 0.15) is 18.6 Å². The molecule has 2 rings (SSSR count). The molecule has 1 unspecified atom stereocenters. The number of rotatable bonds is 2. The van der Waals surface area contributed by atoms with Gasteiger partial charge < -0.3 is 9.84 Å². The molecular weight excluding hydrogens is 152 g/mol. The number of nitrogens with zero attached hydrogens (tertiary/aromatic N) is 1. The van der Waals surface area contributed by atoms with Crippen molar-refractivity contribution in [2.45, 2.75) is 18.9 Å². The standard InChI is InChI=1S/C9H12N2O/c1-2-8(10-6-1)3-4-9-5-7-11-12-9/h3-5,7-8,10H,1-2,6H2/b4-3-. The Bertz CT molecular complexity index is 248. The average Bonchev–Trinajstić information content (AvgIpc) is 2.74. The van der Waals surface area contributed by atoms with Crippen LogP contribution in [0.2, 0.25) is 0 Å². The van der Waals surface area contributed by atoms with Crippen LogP contribution in [-0.4, -0.2) is 17.7 Å². The lowest BCUT2D eigenvalue weighted by Crippen LogP contribution is -2.17. The average molecular weight is 164 g/mol. The molecule has 0 aromatic carbocycles. The minimum atomic E-state index is 0.523. The van der Waals surface area contributed by atoms with Crippen molar-refractivity contribution in [1.82, 2.24) is 10.5 Å². The van der Waals surface area contributed by atoms with Crippen molar-refractivity contribution in [2.75, 3.05) is 6.54 Å². The minimum absolute atomic E-state index is 0.523. The van der Waals surface area contributed by atoms with Gasteiger partial charge in [0.05, 0.1) is 6.20 Å². The SMILES string of the molecule is C(=C/C1CCCN1)/c1ccno1. The first-order valence-corrected chi connectivity index (χ1v) is 4.27. The first-order valence-electron chi connectivity index (χ1n) is 4.27. The third-order valence-electron chi connectivity index (χ3n) is 2.05. The lowest BCUT2D eigenvalue weighted by Gasteiger charge is -2.00. The molecule has 0 bridgehead atoms. The van der Waals surface area contributed by atoms with Crippen LogP contribution in [0.4, 0.5) is 0 Å². The molecule has 0 saturated carbocycles. The summed E-state index contributed by atoms with van der Waals surface area (Å²) in [7, 11) is 0. The summed E-state index contributed by atoms with van der Waals surface area (Å²) in [5.74, 6) is 0.823. The zero-order valence-electron chi connectivity index (χ0n) is 6.86. The maximum atomic E-state index is 4.93. The first kappa shape index (κ1) is 7.55. The molecule has 1 saturated heterocycles. The van der Waals surface area contributed by atoms with E-state index in [9.17, 15) is 0 Å². The quantitative estimate of drug-likeness (QED) is 0.718. The van der Waals surface area contributed by atoms with E-state index >= 15 is 0 Å². The Morgan fingerprint density at radius 2 is 2.67 bits per heavy atom. The van der Waals surface area contributed by atoms with Gasteiger partial charge in [-0.25, -0.2) is 0 Å². The van der Waals surface area contributed by atoms with Gasteiger partial charge in [0.2, 0.25) is 0 Å². The van der Waals surface area contributed by atoms with Gasteiger partial charge in [-0.05, 0) is 25.5 Å². The summed E-state index contributed by atoms with van der Waals surface area (Å²) in [6.07, 6.45) is 8.25. The van der Waals surface area contributed by atoms with Crippen molar-refractivity contribution in [3.63, 3.8) is 0 Å². The fourth-order valence-electron chi connectivity index (χ4n) is 1.40. The summed E-state index contributed by atoms with van der Waals surface area (Å²) >= 11 is 0. The van der Waals surface area contributed by atoms with Crippen LogP contribution in [0.3, 0.4) is 0 Å². The van der Waals surface area contributed by atoms with Gasteiger partial charge in [-0.3, -0.25) is 0 Å². The topological polar surface area (TPSA) is 38.1 Å². The number of aromatic nitrogens is 1. The van der Waals surface area contributed by atoms with E-state index in [4.69, 9.17) is 4.52 Å². The summed E-state index contributed by atoms with van der Waals surface area (Å²) in [6.45, 7) is 1.13. The molecule has 1 atom stereocenters. The van der Waals surface area contributed by atoms with E-state index in [1.807, 2.05) is 12.1 Å². The zero-order chi connectivity index (χ0) is 8.23. The number of hydrogen-bond acceptors (Lipinski definition) is 3. The van der Waals surface area contributed by atoms with Crippen molar-refractivity contribution in [3.8, 4) is 0 Å². The van der Waals surface area contributed by atoms with Crippen LogP contribution in [0, 0.1) is 0 Å². The fraction of sp³-hybridized carbons (Fsp3) is 0.444. The second-order valence-corrected chi connectivity index (χ2v) is 2.98. The molecule has 1 aromatic heterocycles. The van der Waals surface area contributed by atoms with Crippen LogP contribution in [-0.2, 0) is 0 Å². The van der Waals surface area contributed by atoms with Crippen LogP contribution in [0.5, 0.6) is 0 Å². The molecule has 1 fully saturated rings. The maximum Gasteiger partial charge on any atom is 0.159 e. The molecule has 1 aliphatic rings. The molecule has 64 valence electrons. The maximum absolute atomic E-state index is 4.93. The molecule has 12 heavy (non-hydrogen) atoms. The van der Waals surface area contributed by atoms with Gasteiger partial charge in [0, 0.05) is 12.1 Å². The van der Waals surface area contributed by atoms with E-state index in [2.05, 4.69) is 16.5 Å². The van der Waals surface area contributed by atoms with Gasteiger partial charge in [0.15, 0.2) is 5.76 Å². The first-order chi connectivity index (χ1) is 5.95. The van der Waals surface area contributed by atoms with E-state index in [0.29, 0.717) is 6.04 Å². The lowest BCUT2D eigenvalue weighted by molar-refractivity contribution is 0.412. The van der Waals surface area contributed by atoms with Gasteiger partial charge in [0.25, 0.3) is 0 Å². The molecule has 3 heteroatoms. The third kappa shape index (κ3) is 1.74. The molecule has 0 radical (unpaired) electrons. The molecule has 1 N–H and O–H groups in total. The Morgan fingerprint density at radius 3 is 3.33 bits per heavy atom. The Labute approximate surface area is 71.4 Å². The van der Waals surface area contributed by atoms with Crippen molar-refractivity contribution in [3.05, 3.63) is 24.1 Å². The van der Waals surface area contributed by atoms with E-state index in [1.165, 1.54) is 12.8 Å². The molecule has 1 aromatic rings. The van der Waals surface area contributed by atoms with E-state index in [-0.39, 0.29) is 0 Å². The molecule has 1 aliphatic heterocycles. The summed E-state index contributed by atoms with van der Waals surface area (Å²) in [6, 6.07) is 2.38. The Balaban J connectivity index is 1.93. The van der Waals surface area contributed by atoms with Crippen molar-refractivity contribution in [1.29, 1.82) is 0 Å². The normalized spacial score (nSPS) is 23.8. The highest BCUT2D eigenvalue weighted by atomic mass is 16.5. The highest BCUT2D eigenvalue weighted by molar-refractivity contribution is 5.42. The zero-order valence-corrected chi connectivity index (χ0v) is 6.86. The second kappa shape index (κ2) is 3.54. The van der Waals surface area contributed by atoms with Crippen LogP contribution < -0.4 is 5.32 Å². The highest BCUT2D eigenvalue weighted by Crippen LogP contribution is 2.08. The van der Waals surface area contributed by atoms with Crippen molar-refractivity contribution >= 4 is 6.08 Å². The monoisotopic (exact) mass is 164 g/mol. The largest absolute Gasteiger partial charge is 0.357 e. The van der Waals surface area contributed by atoms with Crippen molar-refractivity contribution < 1.29 is 4.52 Å². The summed E-state index contributed by atoms with van der Waals surface area (Å²) in [5.41, 5.74) is 0. The number of hydrogen-bond donors (Lipinski definition) is 1. The molecular formula is C9H12N2O. The van der Waals surface area contributed by atoms with E-state index < -0.39 is 0 Å². The van der Waals surface area contributed by atoms with E-state index in [0.717, 1.165) is 12.3 Å². The Hall–Kier alpha value is -1.09. The van der Waals surface area contributed by atoms with Gasteiger partial charge in [-0.15, -0.1) is 0 Å². The Morgan fingerprint density at radius 1 is 1.67 bits per heavy atom. The summed E-state index contributed by atoms with van der Waals surface area (Å²) in [4.78, 5) is 0. The summed E-state index contributed by atoms with van der Waals surface area (Å²) < 4.78 is 4.93. The van der Waals surface area contributed by atoms with Gasteiger partial charge >= 0.3 is 0 Å². The third-order valence-corrected chi connectivity index (χ3v) is 2.05. The minimum Gasteiger partial charge on any atom is -0.357 e. The highest BCUT2D eigenvalue weighted by Gasteiger charge is 2.09. The second-order valence-electron chi connectivity index (χ2n) is 2.98. The smallest absolute Gasteiger partial charge is 0.159 e. The predicted octanol–water partition coefficient (Wildman–Crippen LogP) is 1.44. The molecule has 0 aliphatic carbocycles. The summed E-state index contributed by atoms with van der Waals surface area (Å²) in [5, 5.41) is 6.99. The van der Waals surface area contributed by atoms with Gasteiger partial charge in [0.1, 0.15) is 0 Å². The number of nitrogens with one attached hydrogen (secondary N) is 1. The van der Waals surface area contributed by atoms with Crippen molar-refractivity contribution in [2.24, 2.45) is 0 Å². The fourth-order valence-corrected chi connectivity index (χ4v) is 1.40. The molecule has 0 amide bonds. The van der Waals surface area contributed by atoms with Crippen LogP contribution >= 0.6 is 0 Å². The molecule has 2 heterocycles. The predicted molar refractivity (Wildman–Crippen MR) is 46.6 cm³/mol. The lowest BCUT2D eigenvalue weighted by atomic mass is 10.2. The van der Waals surface area contributed by atoms with Gasteiger partial charge in [-0.1, -0.05) is 11.2 Å².